The van der Waals surface area contributed by atoms with Gasteiger partial charge in [-0.2, -0.15) is 0 Å². The van der Waals surface area contributed by atoms with E-state index in [-0.39, 0.29) is 18.4 Å². The quantitative estimate of drug-likeness (QED) is 0.426. The summed E-state index contributed by atoms with van der Waals surface area (Å²) in [6.07, 6.45) is 1.95. The summed E-state index contributed by atoms with van der Waals surface area (Å²) in [5.74, 6) is 0.743. The molecule has 2 aromatic carbocycles. The maximum Gasteiger partial charge on any atom is 0.226 e. The third-order valence-corrected chi connectivity index (χ3v) is 5.67. The lowest BCUT2D eigenvalue weighted by molar-refractivity contribution is -0.121. The largest absolute Gasteiger partial charge is 0.494 e. The first-order chi connectivity index (χ1) is 15.2. The first kappa shape index (κ1) is 20.8. The van der Waals surface area contributed by atoms with Crippen molar-refractivity contribution in [2.24, 2.45) is 0 Å². The normalized spacial score (nSPS) is 11.6. The molecule has 2 aromatic heterocycles. The molecule has 4 aromatic rings. The minimum atomic E-state index is -0.306. The number of nitrogens with zero attached hydrogens (tertiary/aromatic N) is 2. The van der Waals surface area contributed by atoms with Gasteiger partial charge in [-0.3, -0.25) is 9.78 Å². The molecule has 0 saturated carbocycles. The molecule has 0 fully saturated rings. The minimum absolute atomic E-state index is 0.0944. The first-order valence-corrected chi connectivity index (χ1v) is 11.0. The van der Waals surface area contributed by atoms with Crippen LogP contribution in [-0.4, -0.2) is 22.5 Å². The van der Waals surface area contributed by atoms with E-state index < -0.39 is 0 Å². The van der Waals surface area contributed by atoms with Crippen LogP contribution in [0.15, 0.2) is 84.4 Å². The summed E-state index contributed by atoms with van der Waals surface area (Å²) < 4.78 is 5.49. The summed E-state index contributed by atoms with van der Waals surface area (Å²) in [5.41, 5.74) is 3.55. The third kappa shape index (κ3) is 5.35. The molecule has 1 amide bonds. The third-order valence-electron chi connectivity index (χ3n) is 4.73. The smallest absolute Gasteiger partial charge is 0.226 e. The highest BCUT2D eigenvalue weighted by Gasteiger charge is 2.19. The van der Waals surface area contributed by atoms with Gasteiger partial charge in [0.15, 0.2) is 0 Å². The van der Waals surface area contributed by atoms with Crippen molar-refractivity contribution in [3.8, 4) is 16.3 Å². The average molecular weight is 430 g/mol. The van der Waals surface area contributed by atoms with Crippen LogP contribution in [0.3, 0.4) is 0 Å². The molecule has 0 aliphatic carbocycles. The molecule has 6 heteroatoms. The van der Waals surface area contributed by atoms with Crippen molar-refractivity contribution in [1.82, 2.24) is 15.3 Å². The Labute approximate surface area is 185 Å². The highest BCUT2D eigenvalue weighted by Crippen LogP contribution is 2.26. The Hall–Kier alpha value is -3.51. The van der Waals surface area contributed by atoms with Crippen molar-refractivity contribution < 1.29 is 9.53 Å². The lowest BCUT2D eigenvalue weighted by Gasteiger charge is -2.18. The fraction of sp³-hybridized carbons (Fsp3) is 0.160. The van der Waals surface area contributed by atoms with E-state index in [4.69, 9.17) is 4.74 Å². The summed E-state index contributed by atoms with van der Waals surface area (Å²) in [6.45, 7) is 2.60. The van der Waals surface area contributed by atoms with Gasteiger partial charge in [-0.05, 0) is 48.9 Å². The van der Waals surface area contributed by atoms with Crippen LogP contribution in [0.5, 0.6) is 5.75 Å². The van der Waals surface area contributed by atoms with E-state index in [1.165, 1.54) is 11.3 Å². The molecular formula is C25H23N3O2S. The van der Waals surface area contributed by atoms with Gasteiger partial charge in [0, 0.05) is 17.1 Å². The summed E-state index contributed by atoms with van der Waals surface area (Å²) in [6, 6.07) is 23.1. The number of ether oxygens (including phenoxy) is 1. The van der Waals surface area contributed by atoms with E-state index in [0.717, 1.165) is 33.3 Å². The molecule has 0 aliphatic rings. The summed E-state index contributed by atoms with van der Waals surface area (Å²) in [7, 11) is 0. The van der Waals surface area contributed by atoms with Crippen LogP contribution in [0.25, 0.3) is 10.6 Å². The molecule has 1 unspecified atom stereocenters. The highest BCUT2D eigenvalue weighted by atomic mass is 32.1. The van der Waals surface area contributed by atoms with Crippen LogP contribution in [0.4, 0.5) is 0 Å². The fourth-order valence-electron chi connectivity index (χ4n) is 3.28. The van der Waals surface area contributed by atoms with Crippen molar-refractivity contribution in [1.29, 1.82) is 0 Å². The van der Waals surface area contributed by atoms with Crippen LogP contribution in [0.1, 0.15) is 29.9 Å². The molecule has 2 heterocycles. The molecule has 0 spiro atoms. The van der Waals surface area contributed by atoms with E-state index in [9.17, 15) is 4.79 Å². The Kier molecular flexibility index (Phi) is 6.69. The van der Waals surface area contributed by atoms with E-state index in [1.807, 2.05) is 85.1 Å². The van der Waals surface area contributed by atoms with Gasteiger partial charge in [-0.15, -0.1) is 11.3 Å². The molecule has 0 bridgehead atoms. The number of carbonyl (C=O) groups excluding carboxylic acids is 1. The van der Waals surface area contributed by atoms with Gasteiger partial charge in [-0.1, -0.05) is 36.4 Å². The first-order valence-electron chi connectivity index (χ1n) is 10.2. The van der Waals surface area contributed by atoms with Crippen molar-refractivity contribution in [3.63, 3.8) is 0 Å². The second-order valence-corrected chi connectivity index (χ2v) is 7.80. The SMILES string of the molecule is CCOc1ccc(-c2nc(CC(=O)NC(c3ccccc3)c3ccccn3)cs2)cc1. The van der Waals surface area contributed by atoms with Gasteiger partial charge in [0.05, 0.1) is 30.5 Å². The average Bonchev–Trinajstić information content (AvgIpc) is 3.28. The van der Waals surface area contributed by atoms with Crippen LogP contribution < -0.4 is 10.1 Å². The van der Waals surface area contributed by atoms with Gasteiger partial charge in [-0.25, -0.2) is 4.98 Å². The second kappa shape index (κ2) is 10.00. The summed E-state index contributed by atoms with van der Waals surface area (Å²) in [4.78, 5) is 21.9. The van der Waals surface area contributed by atoms with Crippen LogP contribution in [0, 0.1) is 0 Å². The monoisotopic (exact) mass is 429 g/mol. The number of rotatable bonds is 8. The molecule has 5 nitrogen and oxygen atoms in total. The number of benzene rings is 2. The predicted octanol–water partition coefficient (Wildman–Crippen LogP) is 5.05. The second-order valence-electron chi connectivity index (χ2n) is 6.94. The van der Waals surface area contributed by atoms with E-state index in [1.54, 1.807) is 6.20 Å². The molecule has 156 valence electrons. The summed E-state index contributed by atoms with van der Waals surface area (Å²) >= 11 is 1.53. The lowest BCUT2D eigenvalue weighted by Crippen LogP contribution is -2.31. The number of carbonyl (C=O) groups is 1. The van der Waals surface area contributed by atoms with Crippen molar-refractivity contribution in [2.45, 2.75) is 19.4 Å². The summed E-state index contributed by atoms with van der Waals surface area (Å²) in [5, 5.41) is 5.93. The Morgan fingerprint density at radius 3 is 2.52 bits per heavy atom. The fourth-order valence-corrected chi connectivity index (χ4v) is 4.10. The maximum absolute atomic E-state index is 12.8. The van der Waals surface area contributed by atoms with Crippen LogP contribution in [-0.2, 0) is 11.2 Å². The number of hydrogen-bond donors (Lipinski definition) is 1. The molecule has 31 heavy (non-hydrogen) atoms. The molecule has 1 N–H and O–H groups in total. The van der Waals surface area contributed by atoms with Gasteiger partial charge in [0.25, 0.3) is 0 Å². The van der Waals surface area contributed by atoms with E-state index >= 15 is 0 Å². The van der Waals surface area contributed by atoms with Crippen molar-refractivity contribution in [2.75, 3.05) is 6.61 Å². The topological polar surface area (TPSA) is 64.1 Å². The molecular weight excluding hydrogens is 406 g/mol. The molecule has 0 radical (unpaired) electrons. The van der Waals surface area contributed by atoms with Crippen LogP contribution in [0.2, 0.25) is 0 Å². The molecule has 1 atom stereocenters. The lowest BCUT2D eigenvalue weighted by atomic mass is 10.0. The van der Waals surface area contributed by atoms with Crippen molar-refractivity contribution in [3.05, 3.63) is 101 Å². The van der Waals surface area contributed by atoms with Gasteiger partial charge in [0.2, 0.25) is 5.91 Å². The number of nitrogens with one attached hydrogen (secondary N) is 1. The Bertz CT molecular complexity index is 1070. The standard InChI is InChI=1S/C25H23N3O2S/c1-2-30-21-13-11-19(12-14-21)25-27-20(17-31-25)16-23(29)28-24(18-8-4-3-5-9-18)22-10-6-7-15-26-22/h3-15,17,24H,2,16H2,1H3,(H,28,29). The van der Waals surface area contributed by atoms with Gasteiger partial charge >= 0.3 is 0 Å². The van der Waals surface area contributed by atoms with Gasteiger partial charge < -0.3 is 10.1 Å². The van der Waals surface area contributed by atoms with Gasteiger partial charge in [0.1, 0.15) is 10.8 Å². The van der Waals surface area contributed by atoms with E-state index in [2.05, 4.69) is 15.3 Å². The minimum Gasteiger partial charge on any atom is -0.494 e. The zero-order valence-electron chi connectivity index (χ0n) is 17.2. The molecule has 4 rings (SSSR count). The predicted molar refractivity (Wildman–Crippen MR) is 123 cm³/mol. The number of pyridine rings is 1. The molecule has 0 saturated heterocycles. The number of aromatic nitrogens is 2. The Balaban J connectivity index is 1.46. The highest BCUT2D eigenvalue weighted by molar-refractivity contribution is 7.13. The number of thiazole rings is 1. The maximum atomic E-state index is 12.8. The van der Waals surface area contributed by atoms with E-state index in [0.29, 0.717) is 6.61 Å². The zero-order chi connectivity index (χ0) is 21.5. The van der Waals surface area contributed by atoms with Crippen molar-refractivity contribution >= 4 is 17.2 Å². The van der Waals surface area contributed by atoms with Crippen LogP contribution >= 0.6 is 11.3 Å². The Morgan fingerprint density at radius 2 is 1.81 bits per heavy atom. The number of hydrogen-bond acceptors (Lipinski definition) is 5. The molecule has 0 aliphatic heterocycles. The zero-order valence-corrected chi connectivity index (χ0v) is 18.0. The number of amides is 1. The Morgan fingerprint density at radius 1 is 1.03 bits per heavy atom.